The van der Waals surface area contributed by atoms with Gasteiger partial charge in [-0.1, -0.05) is 55.4 Å². The molecule has 4 heterocycles. The summed E-state index contributed by atoms with van der Waals surface area (Å²) in [5, 5.41) is 0.521. The summed E-state index contributed by atoms with van der Waals surface area (Å²) < 4.78 is 30.5. The number of aromatic nitrogens is 3. The zero-order valence-corrected chi connectivity index (χ0v) is 26.1. The molecule has 2 aliphatic rings. The number of anilines is 1. The minimum atomic E-state index is -2.71. The molecule has 4 rings (SSSR count). The number of fused-ring (bicyclic) bond motifs is 2. The lowest BCUT2D eigenvalue weighted by Crippen LogP contribution is -2.65. The second kappa shape index (κ2) is 9.84. The van der Waals surface area contributed by atoms with Gasteiger partial charge in [0.25, 0.3) is 5.56 Å². The van der Waals surface area contributed by atoms with Crippen LogP contribution >= 0.6 is 22.6 Å². The molecule has 0 amide bonds. The number of nitrogen functional groups attached to an aromatic ring is 1. The molecule has 196 valence electrons. The van der Waals surface area contributed by atoms with Crippen LogP contribution < -0.4 is 11.3 Å². The lowest BCUT2D eigenvalue weighted by Gasteiger charge is -2.51. The summed E-state index contributed by atoms with van der Waals surface area (Å²) >= 11 is 2.16. The van der Waals surface area contributed by atoms with E-state index in [-0.39, 0.29) is 52.1 Å². The first-order chi connectivity index (χ1) is 16.3. The molecule has 9 nitrogen and oxygen atoms in total. The SMILES string of the molecule is CC(C)[Si]1(C(C)C)OC[C@H]2O[C@@H](n3cc(I)c4c(=O)[nH]c(N)nc43)C[C@H]2O[Si](C(C)C)(C(C)C)O1. The highest BCUT2D eigenvalue weighted by atomic mass is 127. The van der Waals surface area contributed by atoms with Gasteiger partial charge in [-0.25, -0.2) is 0 Å². The molecule has 2 fully saturated rings. The summed E-state index contributed by atoms with van der Waals surface area (Å²) in [6, 6.07) is 0. The van der Waals surface area contributed by atoms with Gasteiger partial charge >= 0.3 is 17.1 Å². The fraction of sp³-hybridized carbons (Fsp3) is 0.739. The molecule has 0 bridgehead atoms. The van der Waals surface area contributed by atoms with Crippen LogP contribution in [0.4, 0.5) is 5.95 Å². The molecule has 2 aliphatic heterocycles. The van der Waals surface area contributed by atoms with Gasteiger partial charge in [-0.05, 0) is 44.8 Å². The summed E-state index contributed by atoms with van der Waals surface area (Å²) in [6.07, 6.45) is 1.79. The van der Waals surface area contributed by atoms with Crippen LogP contribution in [0.1, 0.15) is 68.0 Å². The van der Waals surface area contributed by atoms with Crippen molar-refractivity contribution >= 4 is 56.7 Å². The summed E-state index contributed by atoms with van der Waals surface area (Å²) in [7, 11) is -5.33. The van der Waals surface area contributed by atoms with Crippen molar-refractivity contribution in [1.29, 1.82) is 0 Å². The minimum absolute atomic E-state index is 0.0888. The summed E-state index contributed by atoms with van der Waals surface area (Å²) in [6.45, 7) is 18.2. The number of nitrogens with zero attached hydrogens (tertiary/aromatic N) is 2. The van der Waals surface area contributed by atoms with Crippen LogP contribution in [-0.4, -0.2) is 50.5 Å². The lowest BCUT2D eigenvalue weighted by molar-refractivity contribution is -0.0543. The van der Waals surface area contributed by atoms with Crippen molar-refractivity contribution in [3.05, 3.63) is 20.1 Å². The molecule has 2 aromatic heterocycles. The molecule has 0 radical (unpaired) electrons. The van der Waals surface area contributed by atoms with Crippen molar-refractivity contribution in [1.82, 2.24) is 14.5 Å². The Bertz CT molecular complexity index is 1120. The highest BCUT2D eigenvalue weighted by molar-refractivity contribution is 14.1. The largest absolute Gasteiger partial charge is 0.414 e. The topological polar surface area (TPSA) is 114 Å². The van der Waals surface area contributed by atoms with E-state index in [0.717, 1.165) is 3.57 Å². The third-order valence-corrected chi connectivity index (χ3v) is 18.6. The van der Waals surface area contributed by atoms with Gasteiger partial charge in [0.2, 0.25) is 5.95 Å². The Morgan fingerprint density at radius 2 is 1.66 bits per heavy atom. The van der Waals surface area contributed by atoms with Crippen LogP contribution in [-0.2, 0) is 17.7 Å². The van der Waals surface area contributed by atoms with Crippen LogP contribution in [0.5, 0.6) is 0 Å². The number of aromatic amines is 1. The van der Waals surface area contributed by atoms with Gasteiger partial charge in [0.15, 0.2) is 5.65 Å². The average molecular weight is 635 g/mol. The summed E-state index contributed by atoms with van der Waals surface area (Å²) in [4.78, 5) is 19.6. The number of halogens is 1. The van der Waals surface area contributed by atoms with Gasteiger partial charge in [0, 0.05) is 16.2 Å². The fourth-order valence-electron chi connectivity index (χ4n) is 5.65. The van der Waals surface area contributed by atoms with Crippen LogP contribution in [0.15, 0.2) is 11.0 Å². The van der Waals surface area contributed by atoms with Crippen LogP contribution in [0, 0.1) is 3.57 Å². The summed E-state index contributed by atoms with van der Waals surface area (Å²) in [5.74, 6) is 0.0888. The molecular formula is C23H39IN4O5Si2. The maximum Gasteiger partial charge on any atom is 0.335 e. The number of hydrogen-bond donors (Lipinski definition) is 2. The van der Waals surface area contributed by atoms with Gasteiger partial charge in [-0.3, -0.25) is 9.78 Å². The Labute approximate surface area is 223 Å². The molecule has 2 aromatic rings. The van der Waals surface area contributed by atoms with Crippen LogP contribution in [0.25, 0.3) is 11.0 Å². The molecule has 0 aromatic carbocycles. The average Bonchev–Trinajstić information content (AvgIpc) is 3.27. The zero-order valence-electron chi connectivity index (χ0n) is 21.9. The molecule has 0 unspecified atom stereocenters. The highest BCUT2D eigenvalue weighted by Crippen LogP contribution is 2.48. The van der Waals surface area contributed by atoms with E-state index in [9.17, 15) is 4.79 Å². The van der Waals surface area contributed by atoms with Crippen molar-refractivity contribution in [2.24, 2.45) is 0 Å². The van der Waals surface area contributed by atoms with Gasteiger partial charge < -0.3 is 28.0 Å². The number of nitrogens with one attached hydrogen (secondary N) is 1. The molecule has 3 N–H and O–H groups in total. The Kier molecular flexibility index (Phi) is 7.66. The third-order valence-electron chi connectivity index (χ3n) is 7.49. The fourth-order valence-corrected chi connectivity index (χ4v) is 17.7. The first kappa shape index (κ1) is 27.3. The minimum Gasteiger partial charge on any atom is -0.414 e. The van der Waals surface area contributed by atoms with E-state index < -0.39 is 17.1 Å². The predicted octanol–water partition coefficient (Wildman–Crippen LogP) is 5.16. The van der Waals surface area contributed by atoms with E-state index in [4.69, 9.17) is 23.4 Å². The van der Waals surface area contributed by atoms with E-state index in [0.29, 0.717) is 24.1 Å². The quantitative estimate of drug-likeness (QED) is 0.345. The lowest BCUT2D eigenvalue weighted by atomic mass is 10.2. The van der Waals surface area contributed by atoms with Crippen LogP contribution in [0.2, 0.25) is 22.2 Å². The van der Waals surface area contributed by atoms with E-state index in [1.54, 1.807) is 0 Å². The Hall–Kier alpha value is -0.776. The number of rotatable bonds is 5. The Balaban J connectivity index is 1.76. The second-order valence-electron chi connectivity index (χ2n) is 11.0. The van der Waals surface area contributed by atoms with E-state index >= 15 is 0 Å². The number of ether oxygens (including phenoxy) is 1. The Morgan fingerprint density at radius 1 is 1.06 bits per heavy atom. The van der Waals surface area contributed by atoms with Crippen molar-refractivity contribution in [3.8, 4) is 0 Å². The zero-order chi connectivity index (χ0) is 25.9. The molecule has 0 saturated carbocycles. The molecule has 0 aliphatic carbocycles. The van der Waals surface area contributed by atoms with Gasteiger partial charge in [-0.2, -0.15) is 4.98 Å². The van der Waals surface area contributed by atoms with Crippen LogP contribution in [0.3, 0.4) is 0 Å². The first-order valence-electron chi connectivity index (χ1n) is 12.6. The number of nitrogens with two attached hydrogens (primary N) is 1. The van der Waals surface area contributed by atoms with Crippen molar-refractivity contribution < 1.29 is 17.7 Å². The van der Waals surface area contributed by atoms with E-state index in [1.807, 2.05) is 10.8 Å². The third kappa shape index (κ3) is 4.57. The van der Waals surface area contributed by atoms with Crippen molar-refractivity contribution in [2.75, 3.05) is 12.3 Å². The van der Waals surface area contributed by atoms with Gasteiger partial charge in [0.1, 0.15) is 12.3 Å². The Morgan fingerprint density at radius 3 is 2.23 bits per heavy atom. The molecule has 12 heteroatoms. The number of hydrogen-bond acceptors (Lipinski definition) is 7. The van der Waals surface area contributed by atoms with E-state index in [1.165, 1.54) is 0 Å². The van der Waals surface area contributed by atoms with Crippen molar-refractivity contribution in [2.45, 2.75) is 102 Å². The highest BCUT2D eigenvalue weighted by Gasteiger charge is 2.60. The predicted molar refractivity (Wildman–Crippen MR) is 150 cm³/mol. The normalized spacial score (nSPS) is 26.6. The van der Waals surface area contributed by atoms with Crippen molar-refractivity contribution in [3.63, 3.8) is 0 Å². The number of H-pyrrole nitrogens is 1. The summed E-state index contributed by atoms with van der Waals surface area (Å²) in [5.41, 5.74) is 7.21. The van der Waals surface area contributed by atoms with E-state index in [2.05, 4.69) is 87.9 Å². The first-order valence-corrected chi connectivity index (χ1v) is 17.6. The molecule has 0 spiro atoms. The van der Waals surface area contributed by atoms with Gasteiger partial charge in [0.05, 0.1) is 18.1 Å². The van der Waals surface area contributed by atoms with Gasteiger partial charge in [-0.15, -0.1) is 0 Å². The molecule has 2 saturated heterocycles. The monoisotopic (exact) mass is 634 g/mol. The molecule has 3 atom stereocenters. The molecular weight excluding hydrogens is 595 g/mol. The maximum absolute atomic E-state index is 12.5. The standard InChI is InChI=1S/C23H39IN4O5Si2/c1-12(2)34(13(3)4)30-11-18-17(32-35(33-34,14(5)6)15(7)8)9-19(31-18)28-10-16(24)20-21(28)26-23(25)27-22(20)29/h10,12-15,17-19H,9,11H2,1-8H3,(H3,25,26,27,29)/t17-,18-,19-/m1/s1. The maximum atomic E-state index is 12.5. The second-order valence-corrected chi connectivity index (χ2v) is 21.0. The smallest absolute Gasteiger partial charge is 0.335 e. The molecule has 35 heavy (non-hydrogen) atoms.